The number of fused-ring (bicyclic) bond motifs is 1. The molecule has 3 unspecified atom stereocenters. The van der Waals surface area contributed by atoms with Crippen molar-refractivity contribution < 1.29 is 19.4 Å². The summed E-state index contributed by atoms with van der Waals surface area (Å²) in [6.07, 6.45) is 0.723. The summed E-state index contributed by atoms with van der Waals surface area (Å²) < 4.78 is 5.37. The number of carboxylic acid groups (broad SMARTS) is 1. The Kier molecular flexibility index (Phi) is 3.97. The third-order valence-electron chi connectivity index (χ3n) is 4.25. The van der Waals surface area contributed by atoms with Gasteiger partial charge in [0.1, 0.15) is 0 Å². The molecule has 3 heterocycles. The lowest BCUT2D eigenvalue weighted by Crippen LogP contribution is -2.49. The van der Waals surface area contributed by atoms with E-state index in [9.17, 15) is 14.7 Å². The van der Waals surface area contributed by atoms with Gasteiger partial charge in [0.15, 0.2) is 6.04 Å². The van der Waals surface area contributed by atoms with Crippen LogP contribution in [0.2, 0.25) is 0 Å². The quantitative estimate of drug-likeness (QED) is 0.849. The van der Waals surface area contributed by atoms with Crippen molar-refractivity contribution in [3.05, 3.63) is 21.9 Å². The van der Waals surface area contributed by atoms with Crippen LogP contribution in [-0.4, -0.2) is 54.7 Å². The van der Waals surface area contributed by atoms with Crippen LogP contribution in [-0.2, 0) is 20.7 Å². The highest BCUT2D eigenvalue weighted by molar-refractivity contribution is 7.10. The van der Waals surface area contributed by atoms with Gasteiger partial charge in [0.05, 0.1) is 19.1 Å². The van der Waals surface area contributed by atoms with E-state index < -0.39 is 12.0 Å². The molecule has 2 N–H and O–H groups in total. The second-order valence-corrected chi connectivity index (χ2v) is 6.36. The van der Waals surface area contributed by atoms with Gasteiger partial charge in [-0.3, -0.25) is 4.79 Å². The molecule has 2 aliphatic rings. The Hall–Kier alpha value is -1.44. The first-order valence-corrected chi connectivity index (χ1v) is 7.86. The van der Waals surface area contributed by atoms with Gasteiger partial charge in [-0.2, -0.15) is 0 Å². The first-order chi connectivity index (χ1) is 10.1. The van der Waals surface area contributed by atoms with Crippen LogP contribution in [0.1, 0.15) is 16.5 Å². The van der Waals surface area contributed by atoms with Crippen LogP contribution in [0.3, 0.4) is 0 Å². The molecule has 1 aromatic rings. The molecule has 1 amide bonds. The van der Waals surface area contributed by atoms with Crippen LogP contribution in [0.15, 0.2) is 11.4 Å². The van der Waals surface area contributed by atoms with Crippen LogP contribution < -0.4 is 5.32 Å². The van der Waals surface area contributed by atoms with Crippen LogP contribution in [0, 0.1) is 5.92 Å². The second-order valence-electron chi connectivity index (χ2n) is 5.36. The number of rotatable bonds is 3. The smallest absolute Gasteiger partial charge is 0.331 e. The first kappa shape index (κ1) is 14.5. The number of carbonyl (C=O) groups excluding carboxylic acids is 1. The fourth-order valence-electron chi connectivity index (χ4n) is 3.12. The number of ether oxygens (including phenoxy) is 1. The minimum atomic E-state index is -0.970. The Labute approximate surface area is 126 Å². The molecule has 3 atom stereocenters. The molecule has 3 rings (SSSR count). The van der Waals surface area contributed by atoms with Crippen LogP contribution in [0.25, 0.3) is 0 Å². The Balaban J connectivity index is 1.87. The van der Waals surface area contributed by atoms with Crippen molar-refractivity contribution in [2.24, 2.45) is 5.92 Å². The van der Waals surface area contributed by atoms with Crippen molar-refractivity contribution in [2.45, 2.75) is 18.5 Å². The highest BCUT2D eigenvalue weighted by atomic mass is 32.1. The van der Waals surface area contributed by atoms with Gasteiger partial charge in [0, 0.05) is 17.5 Å². The summed E-state index contributed by atoms with van der Waals surface area (Å²) in [6, 6.07) is 0.903. The van der Waals surface area contributed by atoms with E-state index in [1.165, 1.54) is 4.90 Å². The van der Waals surface area contributed by atoms with Gasteiger partial charge < -0.3 is 20.1 Å². The fourth-order valence-corrected chi connectivity index (χ4v) is 4.02. The molecule has 7 heteroatoms. The third-order valence-corrected chi connectivity index (χ3v) is 5.25. The van der Waals surface area contributed by atoms with Gasteiger partial charge in [-0.15, -0.1) is 11.3 Å². The minimum Gasteiger partial charge on any atom is -0.479 e. The number of amides is 1. The largest absolute Gasteiger partial charge is 0.479 e. The maximum atomic E-state index is 12.8. The SMILES string of the molecule is CNC1COCC1C(=O)N1CCc2sccc2C1C(=O)O. The summed E-state index contributed by atoms with van der Waals surface area (Å²) >= 11 is 1.56. The van der Waals surface area contributed by atoms with Gasteiger partial charge in [0.2, 0.25) is 5.91 Å². The number of carboxylic acids is 1. The van der Waals surface area contributed by atoms with Crippen LogP contribution in [0.4, 0.5) is 0 Å². The number of aliphatic carboxylic acids is 1. The number of nitrogens with one attached hydrogen (secondary N) is 1. The lowest BCUT2D eigenvalue weighted by Gasteiger charge is -2.35. The van der Waals surface area contributed by atoms with E-state index in [0.717, 1.165) is 16.9 Å². The van der Waals surface area contributed by atoms with Crippen LogP contribution in [0.5, 0.6) is 0 Å². The molecule has 1 fully saturated rings. The van der Waals surface area contributed by atoms with Gasteiger partial charge in [-0.05, 0) is 30.5 Å². The molecule has 114 valence electrons. The van der Waals surface area contributed by atoms with Gasteiger partial charge in [0.25, 0.3) is 0 Å². The monoisotopic (exact) mass is 310 g/mol. The lowest BCUT2D eigenvalue weighted by molar-refractivity contribution is -0.153. The Bertz CT molecular complexity index is 559. The number of hydrogen-bond acceptors (Lipinski definition) is 5. The molecule has 0 bridgehead atoms. The Morgan fingerprint density at radius 2 is 2.29 bits per heavy atom. The molecule has 0 aliphatic carbocycles. The summed E-state index contributed by atoms with van der Waals surface area (Å²) in [6.45, 7) is 1.29. The Morgan fingerprint density at radius 3 is 3.00 bits per heavy atom. The molecule has 2 aliphatic heterocycles. The molecule has 6 nitrogen and oxygen atoms in total. The van der Waals surface area contributed by atoms with Crippen molar-refractivity contribution in [3.8, 4) is 0 Å². The molecule has 1 aromatic heterocycles. The first-order valence-electron chi connectivity index (χ1n) is 6.98. The molecular weight excluding hydrogens is 292 g/mol. The summed E-state index contributed by atoms with van der Waals surface area (Å²) in [5.41, 5.74) is 0.757. The molecule has 0 aromatic carbocycles. The molecule has 1 saturated heterocycles. The maximum Gasteiger partial charge on any atom is 0.331 e. The summed E-state index contributed by atoms with van der Waals surface area (Å²) in [5.74, 6) is -1.41. The van der Waals surface area contributed by atoms with E-state index >= 15 is 0 Å². The predicted molar refractivity (Wildman–Crippen MR) is 77.3 cm³/mol. The van der Waals surface area contributed by atoms with Gasteiger partial charge >= 0.3 is 5.97 Å². The molecule has 21 heavy (non-hydrogen) atoms. The summed E-state index contributed by atoms with van der Waals surface area (Å²) in [4.78, 5) is 27.0. The normalized spacial score (nSPS) is 28.4. The molecule has 0 spiro atoms. The summed E-state index contributed by atoms with van der Waals surface area (Å²) in [7, 11) is 1.79. The zero-order valence-electron chi connectivity index (χ0n) is 11.7. The number of hydrogen-bond donors (Lipinski definition) is 2. The average molecular weight is 310 g/mol. The topological polar surface area (TPSA) is 78.9 Å². The van der Waals surface area contributed by atoms with Crippen molar-refractivity contribution >= 4 is 23.2 Å². The maximum absolute atomic E-state index is 12.8. The standard InChI is InChI=1S/C14H18N2O4S/c1-15-10-7-20-6-9(10)13(17)16-4-2-11-8(3-5-21-11)12(16)14(18)19/h3,5,9-10,12,15H,2,4,6-7H2,1H3,(H,18,19). The fraction of sp³-hybridized carbons (Fsp3) is 0.571. The highest BCUT2D eigenvalue weighted by Gasteiger charge is 2.42. The van der Waals surface area contributed by atoms with Crippen molar-refractivity contribution in [2.75, 3.05) is 26.8 Å². The summed E-state index contributed by atoms with van der Waals surface area (Å²) in [5, 5.41) is 14.5. The number of nitrogens with zero attached hydrogens (tertiary/aromatic N) is 1. The van der Waals surface area contributed by atoms with Crippen molar-refractivity contribution in [1.82, 2.24) is 10.2 Å². The van der Waals surface area contributed by atoms with E-state index in [1.54, 1.807) is 18.4 Å². The third kappa shape index (κ3) is 2.45. The van der Waals surface area contributed by atoms with E-state index in [0.29, 0.717) is 19.8 Å². The minimum absolute atomic E-state index is 0.0455. The zero-order valence-corrected chi connectivity index (χ0v) is 12.6. The zero-order chi connectivity index (χ0) is 15.0. The van der Waals surface area contributed by atoms with Crippen LogP contribution >= 0.6 is 11.3 Å². The average Bonchev–Trinajstić information content (AvgIpc) is 3.13. The second kappa shape index (κ2) is 5.75. The van der Waals surface area contributed by atoms with E-state index in [-0.39, 0.29) is 17.9 Å². The number of likely N-dealkylation sites (N-methyl/N-ethyl adjacent to an activating group) is 1. The lowest BCUT2D eigenvalue weighted by atomic mass is 9.95. The van der Waals surface area contributed by atoms with Gasteiger partial charge in [-0.1, -0.05) is 0 Å². The molecule has 0 saturated carbocycles. The van der Waals surface area contributed by atoms with E-state index in [4.69, 9.17) is 4.74 Å². The molecule has 0 radical (unpaired) electrons. The van der Waals surface area contributed by atoms with Crippen molar-refractivity contribution in [3.63, 3.8) is 0 Å². The Morgan fingerprint density at radius 1 is 1.48 bits per heavy atom. The number of carbonyl (C=O) groups is 2. The number of thiophene rings is 1. The highest BCUT2D eigenvalue weighted by Crippen LogP contribution is 2.35. The van der Waals surface area contributed by atoms with E-state index in [1.807, 2.05) is 11.4 Å². The molecular formula is C14H18N2O4S. The van der Waals surface area contributed by atoms with Gasteiger partial charge in [-0.25, -0.2) is 4.79 Å². The van der Waals surface area contributed by atoms with E-state index in [2.05, 4.69) is 5.32 Å². The predicted octanol–water partition coefficient (Wildman–Crippen LogP) is 0.493. The van der Waals surface area contributed by atoms with Crippen molar-refractivity contribution in [1.29, 1.82) is 0 Å².